The Morgan fingerprint density at radius 3 is 2.74 bits per heavy atom. The Kier molecular flexibility index (Phi) is 5.67. The summed E-state index contributed by atoms with van der Waals surface area (Å²) in [5, 5.41) is 3.70. The third kappa shape index (κ3) is 4.84. The molecule has 19 heavy (non-hydrogen) atoms. The van der Waals surface area contributed by atoms with Crippen LogP contribution in [0.5, 0.6) is 5.75 Å². The van der Waals surface area contributed by atoms with Crippen molar-refractivity contribution in [1.82, 2.24) is 10.2 Å². The molecule has 0 bridgehead atoms. The molecule has 3 heteroatoms. The van der Waals surface area contributed by atoms with Crippen LogP contribution in [0, 0.1) is 0 Å². The van der Waals surface area contributed by atoms with Crippen molar-refractivity contribution in [3.8, 4) is 5.75 Å². The molecule has 1 unspecified atom stereocenters. The molecule has 0 saturated carbocycles. The fourth-order valence-corrected chi connectivity index (χ4v) is 2.66. The van der Waals surface area contributed by atoms with E-state index in [1.807, 2.05) is 12.1 Å². The molecule has 1 N–H and O–H groups in total. The molecule has 1 aromatic rings. The van der Waals surface area contributed by atoms with Gasteiger partial charge in [0.1, 0.15) is 5.75 Å². The summed E-state index contributed by atoms with van der Waals surface area (Å²) in [6.45, 7) is 3.54. The molecule has 1 atom stereocenters. The number of benzene rings is 1. The summed E-state index contributed by atoms with van der Waals surface area (Å²) in [6, 6.07) is 9.08. The summed E-state index contributed by atoms with van der Waals surface area (Å²) in [5.41, 5.74) is 1.37. The second kappa shape index (κ2) is 7.51. The Morgan fingerprint density at radius 2 is 2.00 bits per heavy atom. The van der Waals surface area contributed by atoms with Crippen LogP contribution in [-0.4, -0.2) is 44.7 Å². The first-order valence-corrected chi connectivity index (χ1v) is 7.33. The summed E-state index contributed by atoms with van der Waals surface area (Å²) >= 11 is 0. The average molecular weight is 262 g/mol. The molecular weight excluding hydrogens is 236 g/mol. The minimum Gasteiger partial charge on any atom is -0.497 e. The van der Waals surface area contributed by atoms with Crippen molar-refractivity contribution in [3.05, 3.63) is 29.8 Å². The smallest absolute Gasteiger partial charge is 0.118 e. The van der Waals surface area contributed by atoms with E-state index in [-0.39, 0.29) is 0 Å². The number of hydrogen-bond donors (Lipinski definition) is 1. The second-order valence-corrected chi connectivity index (χ2v) is 5.48. The van der Waals surface area contributed by atoms with Crippen LogP contribution < -0.4 is 10.1 Å². The van der Waals surface area contributed by atoms with Gasteiger partial charge in [-0.25, -0.2) is 0 Å². The van der Waals surface area contributed by atoms with Gasteiger partial charge in [-0.05, 0) is 70.1 Å². The molecule has 2 rings (SSSR count). The summed E-state index contributed by atoms with van der Waals surface area (Å²) < 4.78 is 5.17. The minimum atomic E-state index is 0.697. The highest BCUT2D eigenvalue weighted by Gasteiger charge is 2.13. The van der Waals surface area contributed by atoms with Gasteiger partial charge < -0.3 is 15.0 Å². The quantitative estimate of drug-likeness (QED) is 0.881. The number of hydrogen-bond acceptors (Lipinski definition) is 3. The standard InChI is InChI=1S/C16H26N2O/c1-18-12-3-4-15(10-13-18)17-11-9-14-5-7-16(19-2)8-6-14/h5-8,15,17H,3-4,9-13H2,1-2H3. The van der Waals surface area contributed by atoms with E-state index in [9.17, 15) is 0 Å². The molecule has 0 amide bonds. The summed E-state index contributed by atoms with van der Waals surface area (Å²) in [4.78, 5) is 2.44. The van der Waals surface area contributed by atoms with Crippen molar-refractivity contribution in [1.29, 1.82) is 0 Å². The lowest BCUT2D eigenvalue weighted by molar-refractivity contribution is 0.344. The predicted octanol–water partition coefficient (Wildman–Crippen LogP) is 2.31. The minimum absolute atomic E-state index is 0.697. The highest BCUT2D eigenvalue weighted by Crippen LogP contribution is 2.12. The zero-order valence-corrected chi connectivity index (χ0v) is 12.2. The Hall–Kier alpha value is -1.06. The van der Waals surface area contributed by atoms with E-state index < -0.39 is 0 Å². The molecule has 0 radical (unpaired) electrons. The van der Waals surface area contributed by atoms with Gasteiger partial charge in [0, 0.05) is 6.04 Å². The van der Waals surface area contributed by atoms with E-state index in [0.717, 1.165) is 18.7 Å². The van der Waals surface area contributed by atoms with Gasteiger partial charge in [0.25, 0.3) is 0 Å². The topological polar surface area (TPSA) is 24.5 Å². The number of likely N-dealkylation sites (tertiary alicyclic amines) is 1. The Balaban J connectivity index is 1.70. The maximum Gasteiger partial charge on any atom is 0.118 e. The lowest BCUT2D eigenvalue weighted by atomic mass is 10.1. The van der Waals surface area contributed by atoms with Gasteiger partial charge in [-0.3, -0.25) is 0 Å². The average Bonchev–Trinajstić information content (AvgIpc) is 2.65. The largest absolute Gasteiger partial charge is 0.497 e. The number of nitrogens with one attached hydrogen (secondary N) is 1. The molecule has 1 aliphatic rings. The lowest BCUT2D eigenvalue weighted by Gasteiger charge is -2.16. The third-order valence-corrected chi connectivity index (χ3v) is 3.96. The Morgan fingerprint density at radius 1 is 1.21 bits per heavy atom. The highest BCUT2D eigenvalue weighted by molar-refractivity contribution is 5.27. The monoisotopic (exact) mass is 262 g/mol. The number of ether oxygens (including phenoxy) is 1. The van der Waals surface area contributed by atoms with E-state index in [1.54, 1.807) is 7.11 Å². The number of rotatable bonds is 5. The SMILES string of the molecule is COc1ccc(CCNC2CCCN(C)CC2)cc1. The van der Waals surface area contributed by atoms with Gasteiger partial charge in [0.05, 0.1) is 7.11 Å². The molecule has 3 nitrogen and oxygen atoms in total. The van der Waals surface area contributed by atoms with Gasteiger partial charge in [-0.2, -0.15) is 0 Å². The van der Waals surface area contributed by atoms with Crippen molar-refractivity contribution < 1.29 is 4.74 Å². The van der Waals surface area contributed by atoms with Crippen LogP contribution >= 0.6 is 0 Å². The fraction of sp³-hybridized carbons (Fsp3) is 0.625. The van der Waals surface area contributed by atoms with E-state index in [2.05, 4.69) is 29.4 Å². The van der Waals surface area contributed by atoms with Crippen LogP contribution in [0.15, 0.2) is 24.3 Å². The van der Waals surface area contributed by atoms with Crippen molar-refractivity contribution >= 4 is 0 Å². The van der Waals surface area contributed by atoms with Crippen molar-refractivity contribution in [2.24, 2.45) is 0 Å². The van der Waals surface area contributed by atoms with Crippen molar-refractivity contribution in [2.45, 2.75) is 31.7 Å². The first kappa shape index (κ1) is 14.4. The van der Waals surface area contributed by atoms with Crippen LogP contribution in [0.2, 0.25) is 0 Å². The molecular formula is C16H26N2O. The molecule has 0 aromatic heterocycles. The van der Waals surface area contributed by atoms with Crippen LogP contribution in [0.1, 0.15) is 24.8 Å². The highest BCUT2D eigenvalue weighted by atomic mass is 16.5. The van der Waals surface area contributed by atoms with Crippen LogP contribution in [0.25, 0.3) is 0 Å². The Labute approximate surface area is 116 Å². The Bertz CT molecular complexity index is 364. The van der Waals surface area contributed by atoms with Crippen LogP contribution in [0.3, 0.4) is 0 Å². The zero-order chi connectivity index (χ0) is 13.5. The van der Waals surface area contributed by atoms with Crippen molar-refractivity contribution in [3.63, 3.8) is 0 Å². The number of methoxy groups -OCH3 is 1. The summed E-state index contributed by atoms with van der Waals surface area (Å²) in [5.74, 6) is 0.934. The lowest BCUT2D eigenvalue weighted by Crippen LogP contribution is -2.31. The van der Waals surface area contributed by atoms with Gasteiger partial charge in [0.15, 0.2) is 0 Å². The molecule has 1 fully saturated rings. The second-order valence-electron chi connectivity index (χ2n) is 5.48. The molecule has 0 aliphatic carbocycles. The first-order valence-electron chi connectivity index (χ1n) is 7.33. The predicted molar refractivity (Wildman–Crippen MR) is 79.8 cm³/mol. The molecule has 0 spiro atoms. The summed E-state index contributed by atoms with van der Waals surface area (Å²) in [7, 11) is 3.93. The maximum atomic E-state index is 5.17. The fourth-order valence-electron chi connectivity index (χ4n) is 2.66. The van der Waals surface area contributed by atoms with Gasteiger partial charge >= 0.3 is 0 Å². The van der Waals surface area contributed by atoms with Gasteiger partial charge in [-0.15, -0.1) is 0 Å². The normalized spacial score (nSPS) is 21.1. The van der Waals surface area contributed by atoms with Crippen LogP contribution in [-0.2, 0) is 6.42 Å². The first-order chi connectivity index (χ1) is 9.28. The van der Waals surface area contributed by atoms with E-state index in [0.29, 0.717) is 6.04 Å². The molecule has 106 valence electrons. The number of nitrogens with zero attached hydrogens (tertiary/aromatic N) is 1. The molecule has 1 aromatic carbocycles. The van der Waals surface area contributed by atoms with E-state index in [1.165, 1.54) is 37.9 Å². The van der Waals surface area contributed by atoms with Crippen LogP contribution in [0.4, 0.5) is 0 Å². The molecule has 1 saturated heterocycles. The molecule has 1 heterocycles. The molecule has 1 aliphatic heterocycles. The zero-order valence-electron chi connectivity index (χ0n) is 12.2. The van der Waals surface area contributed by atoms with Gasteiger partial charge in [-0.1, -0.05) is 12.1 Å². The van der Waals surface area contributed by atoms with Gasteiger partial charge in [0.2, 0.25) is 0 Å². The maximum absolute atomic E-state index is 5.17. The summed E-state index contributed by atoms with van der Waals surface area (Å²) in [6.07, 6.45) is 5.00. The van der Waals surface area contributed by atoms with Crippen molar-refractivity contribution in [2.75, 3.05) is 33.8 Å². The van der Waals surface area contributed by atoms with E-state index in [4.69, 9.17) is 4.74 Å². The van der Waals surface area contributed by atoms with E-state index >= 15 is 0 Å². The third-order valence-electron chi connectivity index (χ3n) is 3.96.